The van der Waals surface area contributed by atoms with E-state index < -0.39 is 0 Å². The van der Waals surface area contributed by atoms with Crippen molar-refractivity contribution in [2.45, 2.75) is 31.7 Å². The molecular weight excluding hydrogens is 332 g/mol. The highest BCUT2D eigenvalue weighted by molar-refractivity contribution is 5.97. The maximum atomic E-state index is 12.9. The summed E-state index contributed by atoms with van der Waals surface area (Å²) in [5, 5.41) is 6.26. The third-order valence-electron chi connectivity index (χ3n) is 5.26. The summed E-state index contributed by atoms with van der Waals surface area (Å²) in [5.41, 5.74) is 0.970. The molecule has 2 unspecified atom stereocenters. The first-order chi connectivity index (χ1) is 12.7. The van der Waals surface area contributed by atoms with Gasteiger partial charge in [-0.1, -0.05) is 0 Å². The van der Waals surface area contributed by atoms with E-state index >= 15 is 0 Å². The lowest BCUT2D eigenvalue weighted by atomic mass is 9.97. The average Bonchev–Trinajstić information content (AvgIpc) is 3.37. The van der Waals surface area contributed by atoms with Crippen LogP contribution < -0.4 is 10.6 Å². The van der Waals surface area contributed by atoms with E-state index in [0.717, 1.165) is 38.8 Å². The summed E-state index contributed by atoms with van der Waals surface area (Å²) in [7, 11) is 0. The highest BCUT2D eigenvalue weighted by atomic mass is 16.2. The summed E-state index contributed by atoms with van der Waals surface area (Å²) in [5.74, 6) is 0.266. The van der Waals surface area contributed by atoms with Crippen LogP contribution in [0.5, 0.6) is 0 Å². The summed E-state index contributed by atoms with van der Waals surface area (Å²) < 4.78 is 1.80. The van der Waals surface area contributed by atoms with Crippen LogP contribution in [0.25, 0.3) is 5.65 Å². The minimum Gasteiger partial charge on any atom is -0.354 e. The fourth-order valence-electron chi connectivity index (χ4n) is 3.85. The smallest absolute Gasteiger partial charge is 0.276 e. The largest absolute Gasteiger partial charge is 0.354 e. The van der Waals surface area contributed by atoms with Crippen LogP contribution in [0.15, 0.2) is 24.8 Å². The molecule has 4 rings (SSSR count). The van der Waals surface area contributed by atoms with Crippen molar-refractivity contribution < 1.29 is 9.59 Å². The van der Waals surface area contributed by atoms with Gasteiger partial charge in [0, 0.05) is 44.4 Å². The molecule has 0 aromatic carbocycles. The Morgan fingerprint density at radius 1 is 1.19 bits per heavy atom. The third kappa shape index (κ3) is 3.41. The van der Waals surface area contributed by atoms with Gasteiger partial charge in [0.25, 0.3) is 5.91 Å². The first kappa shape index (κ1) is 17.0. The van der Waals surface area contributed by atoms with Gasteiger partial charge in [0.15, 0.2) is 11.3 Å². The summed E-state index contributed by atoms with van der Waals surface area (Å²) in [6.07, 6.45) is 10.8. The number of hydrogen-bond donors (Lipinski definition) is 2. The summed E-state index contributed by atoms with van der Waals surface area (Å²) in [4.78, 5) is 35.4. The zero-order valence-corrected chi connectivity index (χ0v) is 14.7. The van der Waals surface area contributed by atoms with E-state index in [2.05, 4.69) is 20.6 Å². The first-order valence-corrected chi connectivity index (χ1v) is 9.30. The molecule has 0 bridgehead atoms. The van der Waals surface area contributed by atoms with E-state index in [-0.39, 0.29) is 23.8 Å². The number of nitrogens with one attached hydrogen (secondary N) is 2. The SMILES string of the molecule is O=C(NCC1CCCN(C(=O)c2nccn3ccnc23)C1)C1CCCN1. The Balaban J connectivity index is 1.38. The van der Waals surface area contributed by atoms with Gasteiger partial charge in [-0.15, -0.1) is 0 Å². The van der Waals surface area contributed by atoms with E-state index in [1.807, 2.05) is 4.90 Å². The molecule has 0 saturated carbocycles. The van der Waals surface area contributed by atoms with E-state index in [4.69, 9.17) is 0 Å². The number of hydrogen-bond acceptors (Lipinski definition) is 5. The molecule has 2 aromatic heterocycles. The Bertz CT molecular complexity index is 798. The van der Waals surface area contributed by atoms with Crippen LogP contribution in [-0.4, -0.2) is 63.3 Å². The normalized spacial score (nSPS) is 23.3. The molecule has 0 radical (unpaired) electrons. The lowest BCUT2D eigenvalue weighted by molar-refractivity contribution is -0.123. The van der Waals surface area contributed by atoms with Crippen molar-refractivity contribution in [3.63, 3.8) is 0 Å². The second-order valence-corrected chi connectivity index (χ2v) is 7.09. The molecule has 8 heteroatoms. The Hall–Kier alpha value is -2.48. The van der Waals surface area contributed by atoms with Gasteiger partial charge in [0.05, 0.1) is 6.04 Å². The van der Waals surface area contributed by atoms with Crippen molar-refractivity contribution in [3.8, 4) is 0 Å². The number of imidazole rings is 1. The second-order valence-electron chi connectivity index (χ2n) is 7.09. The minimum absolute atomic E-state index is 0.0569. The van der Waals surface area contributed by atoms with Crippen LogP contribution in [0.1, 0.15) is 36.2 Å². The average molecular weight is 356 g/mol. The monoisotopic (exact) mass is 356 g/mol. The van der Waals surface area contributed by atoms with Gasteiger partial charge < -0.3 is 19.9 Å². The molecule has 2 aliphatic heterocycles. The number of likely N-dealkylation sites (tertiary alicyclic amines) is 1. The van der Waals surface area contributed by atoms with Gasteiger partial charge in [-0.2, -0.15) is 0 Å². The number of aromatic nitrogens is 3. The van der Waals surface area contributed by atoms with Gasteiger partial charge >= 0.3 is 0 Å². The second kappa shape index (κ2) is 7.41. The lowest BCUT2D eigenvalue weighted by Crippen LogP contribution is -2.46. The van der Waals surface area contributed by atoms with Crippen LogP contribution in [0.4, 0.5) is 0 Å². The number of carbonyl (C=O) groups is 2. The van der Waals surface area contributed by atoms with Crippen molar-refractivity contribution in [1.82, 2.24) is 29.9 Å². The minimum atomic E-state index is -0.0877. The molecule has 2 aliphatic rings. The third-order valence-corrected chi connectivity index (χ3v) is 5.26. The van der Waals surface area contributed by atoms with Crippen molar-refractivity contribution in [2.24, 2.45) is 5.92 Å². The topological polar surface area (TPSA) is 91.6 Å². The number of amides is 2. The van der Waals surface area contributed by atoms with Crippen LogP contribution >= 0.6 is 0 Å². The fourth-order valence-corrected chi connectivity index (χ4v) is 3.85. The molecule has 2 atom stereocenters. The number of piperidine rings is 1. The number of carbonyl (C=O) groups excluding carboxylic acids is 2. The molecular formula is C18H24N6O2. The molecule has 2 aromatic rings. The Morgan fingerprint density at radius 2 is 2.04 bits per heavy atom. The van der Waals surface area contributed by atoms with Gasteiger partial charge in [0.1, 0.15) is 0 Å². The Kier molecular flexibility index (Phi) is 4.83. The summed E-state index contributed by atoms with van der Waals surface area (Å²) in [6, 6.07) is -0.0569. The molecule has 2 saturated heterocycles. The zero-order chi connectivity index (χ0) is 17.9. The van der Waals surface area contributed by atoms with Crippen molar-refractivity contribution in [3.05, 3.63) is 30.5 Å². The molecule has 0 aliphatic carbocycles. The Morgan fingerprint density at radius 3 is 2.85 bits per heavy atom. The van der Waals surface area contributed by atoms with Crippen molar-refractivity contribution in [1.29, 1.82) is 0 Å². The number of nitrogens with zero attached hydrogens (tertiary/aromatic N) is 4. The van der Waals surface area contributed by atoms with E-state index in [9.17, 15) is 9.59 Å². The highest BCUT2D eigenvalue weighted by Crippen LogP contribution is 2.19. The molecule has 138 valence electrons. The molecule has 4 heterocycles. The van der Waals surface area contributed by atoms with Crippen LogP contribution in [-0.2, 0) is 4.79 Å². The van der Waals surface area contributed by atoms with Gasteiger partial charge in [0.2, 0.25) is 5.91 Å². The van der Waals surface area contributed by atoms with E-state index in [1.165, 1.54) is 0 Å². The predicted molar refractivity (Wildman–Crippen MR) is 95.6 cm³/mol. The quantitative estimate of drug-likeness (QED) is 0.830. The van der Waals surface area contributed by atoms with Crippen molar-refractivity contribution in [2.75, 3.05) is 26.2 Å². The van der Waals surface area contributed by atoms with Crippen LogP contribution in [0.3, 0.4) is 0 Å². The van der Waals surface area contributed by atoms with Crippen LogP contribution in [0.2, 0.25) is 0 Å². The number of fused-ring (bicyclic) bond motifs is 1. The molecule has 8 nitrogen and oxygen atoms in total. The fraction of sp³-hybridized carbons (Fsp3) is 0.556. The maximum Gasteiger partial charge on any atom is 0.276 e. The summed E-state index contributed by atoms with van der Waals surface area (Å²) >= 11 is 0. The number of rotatable bonds is 4. The molecule has 26 heavy (non-hydrogen) atoms. The van der Waals surface area contributed by atoms with Gasteiger partial charge in [-0.25, -0.2) is 9.97 Å². The van der Waals surface area contributed by atoms with Crippen molar-refractivity contribution >= 4 is 17.5 Å². The summed E-state index contributed by atoms with van der Waals surface area (Å²) in [6.45, 7) is 2.88. The zero-order valence-electron chi connectivity index (χ0n) is 14.7. The van der Waals surface area contributed by atoms with E-state index in [0.29, 0.717) is 24.4 Å². The predicted octanol–water partition coefficient (Wildman–Crippen LogP) is 0.450. The molecule has 2 N–H and O–H groups in total. The van der Waals surface area contributed by atoms with Crippen LogP contribution in [0, 0.1) is 5.92 Å². The molecule has 0 spiro atoms. The maximum absolute atomic E-state index is 12.9. The van der Waals surface area contributed by atoms with E-state index in [1.54, 1.807) is 29.2 Å². The standard InChI is InChI=1S/C18H24N6O2/c25-17(14-4-1-5-19-14)22-11-13-3-2-8-24(12-13)18(26)15-16-21-7-10-23(16)9-6-20-15/h6-7,9-10,13-14,19H,1-5,8,11-12H2,(H,22,25). The molecule has 2 fully saturated rings. The first-order valence-electron chi connectivity index (χ1n) is 9.30. The lowest BCUT2D eigenvalue weighted by Gasteiger charge is -2.32. The van der Waals surface area contributed by atoms with Gasteiger partial charge in [-0.05, 0) is 38.1 Å². The highest BCUT2D eigenvalue weighted by Gasteiger charge is 2.28. The van der Waals surface area contributed by atoms with Gasteiger partial charge in [-0.3, -0.25) is 9.59 Å². The Labute approximate surface area is 152 Å². The molecule has 2 amide bonds.